The third-order valence-corrected chi connectivity index (χ3v) is 3.70. The molecule has 2 aromatic heterocycles. The molecule has 0 aliphatic heterocycles. The molecule has 0 fully saturated rings. The Morgan fingerprint density at radius 3 is 2.92 bits per heavy atom. The zero-order chi connectivity index (χ0) is 17.4. The van der Waals surface area contributed by atoms with Crippen LogP contribution in [-0.4, -0.2) is 25.9 Å². The molecule has 0 aliphatic carbocycles. The number of oxazole rings is 1. The summed E-state index contributed by atoms with van der Waals surface area (Å²) in [6.45, 7) is 1.52. The molecular weight excluding hydrogens is 322 g/mol. The highest BCUT2D eigenvalue weighted by Gasteiger charge is 2.11. The highest BCUT2D eigenvalue weighted by molar-refractivity contribution is 5.92. The lowest BCUT2D eigenvalue weighted by molar-refractivity contribution is -0.117. The van der Waals surface area contributed by atoms with E-state index < -0.39 is 0 Å². The lowest BCUT2D eigenvalue weighted by atomic mass is 10.2. The van der Waals surface area contributed by atoms with Crippen LogP contribution in [0.5, 0.6) is 0 Å². The zero-order valence-electron chi connectivity index (χ0n) is 13.3. The molecule has 1 N–H and O–H groups in total. The number of carbonyl (C=O) groups is 1. The summed E-state index contributed by atoms with van der Waals surface area (Å²) in [5, 5.41) is 10.9. The number of aromatic nitrogens is 4. The largest absolute Gasteiger partial charge is 0.441 e. The van der Waals surface area contributed by atoms with Gasteiger partial charge in [0.25, 0.3) is 5.56 Å². The summed E-state index contributed by atoms with van der Waals surface area (Å²) < 4.78 is 6.43. The van der Waals surface area contributed by atoms with E-state index in [1.54, 1.807) is 49.4 Å². The fourth-order valence-electron chi connectivity index (χ4n) is 2.58. The van der Waals surface area contributed by atoms with Gasteiger partial charge in [0.15, 0.2) is 11.5 Å². The topological polar surface area (TPSA) is 103 Å². The first-order valence-electron chi connectivity index (χ1n) is 7.60. The Balaban J connectivity index is 1.57. The first-order valence-corrected chi connectivity index (χ1v) is 7.60. The number of nitrogens with zero attached hydrogens (tertiary/aromatic N) is 4. The van der Waals surface area contributed by atoms with Gasteiger partial charge >= 0.3 is 0 Å². The first-order chi connectivity index (χ1) is 12.1. The molecule has 0 spiro atoms. The van der Waals surface area contributed by atoms with Crippen molar-refractivity contribution in [2.24, 2.45) is 0 Å². The molecule has 2 aromatic carbocycles. The molecule has 0 unspecified atom stereocenters. The summed E-state index contributed by atoms with van der Waals surface area (Å²) in [7, 11) is 0. The van der Waals surface area contributed by atoms with Gasteiger partial charge < -0.3 is 9.73 Å². The van der Waals surface area contributed by atoms with Gasteiger partial charge in [0.05, 0.1) is 5.39 Å². The number of hydrogen-bond acceptors (Lipinski definition) is 6. The number of hydrogen-bond donors (Lipinski definition) is 1. The predicted molar refractivity (Wildman–Crippen MR) is 91.2 cm³/mol. The minimum absolute atomic E-state index is 0.230. The van der Waals surface area contributed by atoms with Crippen LogP contribution in [0.3, 0.4) is 0 Å². The molecule has 8 nitrogen and oxygen atoms in total. The van der Waals surface area contributed by atoms with Gasteiger partial charge in [-0.25, -0.2) is 9.67 Å². The number of nitrogens with one attached hydrogen (secondary N) is 1. The van der Waals surface area contributed by atoms with E-state index in [-0.39, 0.29) is 18.0 Å². The SMILES string of the molecule is Cc1nc2cc(NC(=O)Cn3nnc4ccccc4c3=O)ccc2o1. The van der Waals surface area contributed by atoms with Crippen LogP contribution in [0.4, 0.5) is 5.69 Å². The van der Waals surface area contributed by atoms with E-state index in [9.17, 15) is 9.59 Å². The highest BCUT2D eigenvalue weighted by Crippen LogP contribution is 2.19. The maximum absolute atomic E-state index is 12.4. The number of benzene rings is 2. The third-order valence-electron chi connectivity index (χ3n) is 3.70. The molecule has 0 saturated carbocycles. The van der Waals surface area contributed by atoms with Crippen LogP contribution < -0.4 is 10.9 Å². The maximum Gasteiger partial charge on any atom is 0.278 e. The number of amides is 1. The van der Waals surface area contributed by atoms with E-state index in [1.807, 2.05) is 0 Å². The zero-order valence-corrected chi connectivity index (χ0v) is 13.3. The van der Waals surface area contributed by atoms with E-state index >= 15 is 0 Å². The van der Waals surface area contributed by atoms with Crippen LogP contribution in [0.1, 0.15) is 5.89 Å². The van der Waals surface area contributed by atoms with Gasteiger partial charge in [-0.15, -0.1) is 5.10 Å². The number of carbonyl (C=O) groups excluding carboxylic acids is 1. The van der Waals surface area contributed by atoms with Crippen molar-refractivity contribution in [3.8, 4) is 0 Å². The van der Waals surface area contributed by atoms with Crippen molar-refractivity contribution in [1.82, 2.24) is 20.0 Å². The van der Waals surface area contributed by atoms with Crippen molar-refractivity contribution < 1.29 is 9.21 Å². The second-order valence-corrected chi connectivity index (χ2v) is 5.53. The molecule has 4 rings (SSSR count). The van der Waals surface area contributed by atoms with E-state index in [0.29, 0.717) is 33.6 Å². The van der Waals surface area contributed by atoms with Crippen LogP contribution in [-0.2, 0) is 11.3 Å². The molecule has 0 saturated heterocycles. The van der Waals surface area contributed by atoms with Crippen LogP contribution in [0.2, 0.25) is 0 Å². The molecule has 0 atom stereocenters. The Morgan fingerprint density at radius 1 is 1.20 bits per heavy atom. The van der Waals surface area contributed by atoms with Crippen molar-refractivity contribution in [3.05, 3.63) is 58.7 Å². The van der Waals surface area contributed by atoms with Crippen molar-refractivity contribution >= 4 is 33.6 Å². The molecule has 2 heterocycles. The number of rotatable bonds is 3. The summed E-state index contributed by atoms with van der Waals surface area (Å²) in [5.41, 5.74) is 2.00. The molecule has 25 heavy (non-hydrogen) atoms. The minimum Gasteiger partial charge on any atom is -0.441 e. The Morgan fingerprint density at radius 2 is 2.04 bits per heavy atom. The number of aryl methyl sites for hydroxylation is 1. The monoisotopic (exact) mass is 335 g/mol. The van der Waals surface area contributed by atoms with Crippen molar-refractivity contribution in [3.63, 3.8) is 0 Å². The lowest BCUT2D eigenvalue weighted by Gasteiger charge is -2.06. The molecule has 0 radical (unpaired) electrons. The second kappa shape index (κ2) is 5.82. The van der Waals surface area contributed by atoms with Gasteiger partial charge in [0.1, 0.15) is 17.6 Å². The standard InChI is InChI=1S/C17H13N5O3/c1-10-18-14-8-11(6-7-15(14)25-10)19-16(23)9-22-17(24)12-4-2-3-5-13(12)20-21-22/h2-8H,9H2,1H3,(H,19,23). The number of fused-ring (bicyclic) bond motifs is 2. The molecular formula is C17H13N5O3. The average molecular weight is 335 g/mol. The van der Waals surface area contributed by atoms with Crippen LogP contribution >= 0.6 is 0 Å². The summed E-state index contributed by atoms with van der Waals surface area (Å²) >= 11 is 0. The van der Waals surface area contributed by atoms with Crippen LogP contribution in [0.25, 0.3) is 22.0 Å². The Kier molecular flexibility index (Phi) is 3.50. The fraction of sp³-hybridized carbons (Fsp3) is 0.118. The highest BCUT2D eigenvalue weighted by atomic mass is 16.3. The Labute approximate surface area is 141 Å². The molecule has 124 valence electrons. The molecule has 4 aromatic rings. The summed E-state index contributed by atoms with van der Waals surface area (Å²) in [6.07, 6.45) is 0. The molecule has 0 bridgehead atoms. The normalized spacial score (nSPS) is 11.1. The van der Waals surface area contributed by atoms with Crippen molar-refractivity contribution in [1.29, 1.82) is 0 Å². The van der Waals surface area contributed by atoms with Crippen LogP contribution in [0, 0.1) is 6.92 Å². The van der Waals surface area contributed by atoms with Crippen molar-refractivity contribution in [2.45, 2.75) is 13.5 Å². The smallest absolute Gasteiger partial charge is 0.278 e. The van der Waals surface area contributed by atoms with Gasteiger partial charge in [-0.05, 0) is 30.3 Å². The summed E-state index contributed by atoms with van der Waals surface area (Å²) in [6, 6.07) is 12.0. The Bertz CT molecular complexity index is 1160. The van der Waals surface area contributed by atoms with Gasteiger partial charge in [-0.1, -0.05) is 17.3 Å². The summed E-state index contributed by atoms with van der Waals surface area (Å²) in [4.78, 5) is 28.8. The van der Waals surface area contributed by atoms with Gasteiger partial charge in [0.2, 0.25) is 5.91 Å². The summed E-state index contributed by atoms with van der Waals surface area (Å²) in [5.74, 6) is 0.169. The van der Waals surface area contributed by atoms with Crippen LogP contribution in [0.15, 0.2) is 51.7 Å². The Hall–Kier alpha value is -3.55. The van der Waals surface area contributed by atoms with Gasteiger partial charge in [-0.2, -0.15) is 0 Å². The average Bonchev–Trinajstić information content (AvgIpc) is 2.97. The van der Waals surface area contributed by atoms with Gasteiger partial charge in [-0.3, -0.25) is 9.59 Å². The quantitative estimate of drug-likeness (QED) is 0.613. The predicted octanol–water partition coefficient (Wildman–Crippen LogP) is 1.88. The van der Waals surface area contributed by atoms with Crippen molar-refractivity contribution in [2.75, 3.05) is 5.32 Å². The molecule has 8 heteroatoms. The van der Waals surface area contributed by atoms with E-state index in [2.05, 4.69) is 20.6 Å². The van der Waals surface area contributed by atoms with E-state index in [4.69, 9.17) is 4.42 Å². The number of anilines is 1. The fourth-order valence-corrected chi connectivity index (χ4v) is 2.58. The molecule has 1 amide bonds. The molecule has 0 aliphatic rings. The third kappa shape index (κ3) is 2.85. The van der Waals surface area contributed by atoms with Gasteiger partial charge in [0, 0.05) is 12.6 Å². The lowest BCUT2D eigenvalue weighted by Crippen LogP contribution is -2.30. The minimum atomic E-state index is -0.383. The second-order valence-electron chi connectivity index (χ2n) is 5.53. The van der Waals surface area contributed by atoms with E-state index in [1.165, 1.54) is 0 Å². The maximum atomic E-state index is 12.4. The first kappa shape index (κ1) is 15.0. The van der Waals surface area contributed by atoms with E-state index in [0.717, 1.165) is 4.68 Å².